The van der Waals surface area contributed by atoms with Gasteiger partial charge < -0.3 is 4.74 Å². The van der Waals surface area contributed by atoms with Gasteiger partial charge in [-0.05, 0) is 12.1 Å². The summed E-state index contributed by atoms with van der Waals surface area (Å²) in [5.41, 5.74) is -0.748. The van der Waals surface area contributed by atoms with Crippen LogP contribution in [0, 0.1) is 0 Å². The molecular formula is C12H9F3N2O2. The number of carbonyl (C=O) groups is 1. The van der Waals surface area contributed by atoms with Crippen molar-refractivity contribution in [1.29, 1.82) is 0 Å². The van der Waals surface area contributed by atoms with Crippen LogP contribution in [0.3, 0.4) is 0 Å². The second-order valence-electron chi connectivity index (χ2n) is 3.71. The third-order valence-electron chi connectivity index (χ3n) is 2.22. The Bertz CT molecular complexity index is 591. The fraction of sp³-hybridized carbons (Fsp3) is 0.167. The Morgan fingerprint density at radius 1 is 1.26 bits per heavy atom. The molecule has 19 heavy (non-hydrogen) atoms. The van der Waals surface area contributed by atoms with E-state index in [0.717, 1.165) is 11.6 Å². The van der Waals surface area contributed by atoms with Gasteiger partial charge in [0.15, 0.2) is 5.69 Å². The summed E-state index contributed by atoms with van der Waals surface area (Å²) in [7, 11) is 0. The van der Waals surface area contributed by atoms with E-state index in [4.69, 9.17) is 4.74 Å². The zero-order valence-electron chi connectivity index (χ0n) is 9.81. The summed E-state index contributed by atoms with van der Waals surface area (Å²) in [6.07, 6.45) is -4.60. The van der Waals surface area contributed by atoms with Crippen LogP contribution < -0.4 is 4.74 Å². The zero-order valence-corrected chi connectivity index (χ0v) is 9.81. The number of alkyl halides is 3. The second kappa shape index (κ2) is 4.75. The second-order valence-corrected chi connectivity index (χ2v) is 3.71. The molecule has 0 spiro atoms. The lowest BCUT2D eigenvalue weighted by atomic mass is 10.3. The summed E-state index contributed by atoms with van der Waals surface area (Å²) in [5, 5.41) is 3.42. The van der Waals surface area contributed by atoms with Crippen LogP contribution >= 0.6 is 0 Å². The van der Waals surface area contributed by atoms with Crippen molar-refractivity contribution < 1.29 is 22.7 Å². The molecule has 2 aromatic rings. The molecular weight excluding hydrogens is 261 g/mol. The number of hydrogen-bond donors (Lipinski definition) is 0. The Morgan fingerprint density at radius 2 is 1.89 bits per heavy atom. The van der Waals surface area contributed by atoms with Gasteiger partial charge in [-0.15, -0.1) is 0 Å². The highest BCUT2D eigenvalue weighted by atomic mass is 19.4. The number of ether oxygens (including phenoxy) is 1. The molecule has 0 radical (unpaired) electrons. The molecule has 0 saturated heterocycles. The van der Waals surface area contributed by atoms with Gasteiger partial charge in [0.2, 0.25) is 5.88 Å². The number of para-hydroxylation sites is 1. The molecule has 0 atom stereocenters. The van der Waals surface area contributed by atoms with Gasteiger partial charge in [0.25, 0.3) is 0 Å². The molecule has 1 heterocycles. The van der Waals surface area contributed by atoms with Crippen molar-refractivity contribution in [2.24, 2.45) is 0 Å². The van der Waals surface area contributed by atoms with E-state index >= 15 is 0 Å². The first-order valence-corrected chi connectivity index (χ1v) is 5.29. The third-order valence-corrected chi connectivity index (χ3v) is 2.22. The first-order chi connectivity index (χ1) is 8.88. The molecule has 0 aliphatic heterocycles. The van der Waals surface area contributed by atoms with Crippen LogP contribution in [0.25, 0.3) is 5.69 Å². The fourth-order valence-electron chi connectivity index (χ4n) is 1.48. The van der Waals surface area contributed by atoms with Gasteiger partial charge in [-0.2, -0.15) is 18.3 Å². The van der Waals surface area contributed by atoms with Gasteiger partial charge in [-0.25, -0.2) is 4.68 Å². The zero-order chi connectivity index (χ0) is 14.0. The number of nitrogens with zero attached hydrogens (tertiary/aromatic N) is 2. The summed E-state index contributed by atoms with van der Waals surface area (Å²) >= 11 is 0. The van der Waals surface area contributed by atoms with Crippen molar-refractivity contribution in [1.82, 2.24) is 9.78 Å². The smallest absolute Gasteiger partial charge is 0.408 e. The summed E-state index contributed by atoms with van der Waals surface area (Å²) in [6.45, 7) is 1.11. The van der Waals surface area contributed by atoms with E-state index in [2.05, 4.69) is 5.10 Å². The number of carbonyl (C=O) groups excluding carboxylic acids is 1. The first kappa shape index (κ1) is 13.1. The highest BCUT2D eigenvalue weighted by Crippen LogP contribution is 2.32. The summed E-state index contributed by atoms with van der Waals surface area (Å²) in [4.78, 5) is 10.9. The maximum absolute atomic E-state index is 12.6. The number of benzene rings is 1. The standard InChI is InChI=1S/C12H9F3N2O2/c1-8(18)19-11-7-10(12(13,14)15)16-17(11)9-5-3-2-4-6-9/h2-7H,1H3. The Kier molecular flexibility index (Phi) is 3.28. The molecule has 1 aromatic carbocycles. The molecule has 0 unspecified atom stereocenters. The molecule has 2 rings (SSSR count). The first-order valence-electron chi connectivity index (χ1n) is 5.29. The van der Waals surface area contributed by atoms with Crippen molar-refractivity contribution >= 4 is 5.97 Å². The van der Waals surface area contributed by atoms with Crippen molar-refractivity contribution in [3.8, 4) is 11.6 Å². The Morgan fingerprint density at radius 3 is 2.42 bits per heavy atom. The van der Waals surface area contributed by atoms with Crippen LogP contribution in [0.5, 0.6) is 5.88 Å². The third kappa shape index (κ3) is 2.93. The van der Waals surface area contributed by atoms with Crippen molar-refractivity contribution in [3.05, 3.63) is 42.1 Å². The molecule has 100 valence electrons. The minimum absolute atomic E-state index is 0.272. The maximum atomic E-state index is 12.6. The number of halogens is 3. The van der Waals surface area contributed by atoms with Crippen LogP contribution in [0.2, 0.25) is 0 Å². The van der Waals surface area contributed by atoms with Crippen LogP contribution in [0.15, 0.2) is 36.4 Å². The van der Waals surface area contributed by atoms with E-state index in [0.29, 0.717) is 11.8 Å². The van der Waals surface area contributed by atoms with Crippen molar-refractivity contribution in [2.45, 2.75) is 13.1 Å². The van der Waals surface area contributed by atoms with Crippen LogP contribution in [0.1, 0.15) is 12.6 Å². The molecule has 0 aliphatic carbocycles. The molecule has 0 amide bonds. The highest BCUT2D eigenvalue weighted by Gasteiger charge is 2.35. The van der Waals surface area contributed by atoms with Gasteiger partial charge in [0.05, 0.1) is 5.69 Å². The normalized spacial score (nSPS) is 11.4. The van der Waals surface area contributed by atoms with E-state index in [1.807, 2.05) is 0 Å². The van der Waals surface area contributed by atoms with E-state index in [-0.39, 0.29) is 5.88 Å². The van der Waals surface area contributed by atoms with E-state index in [1.54, 1.807) is 30.3 Å². The Hall–Kier alpha value is -2.31. The quantitative estimate of drug-likeness (QED) is 0.788. The highest BCUT2D eigenvalue weighted by molar-refractivity contribution is 5.69. The minimum Gasteiger partial charge on any atom is -0.408 e. The van der Waals surface area contributed by atoms with Gasteiger partial charge in [-0.3, -0.25) is 4.79 Å². The topological polar surface area (TPSA) is 44.1 Å². The predicted molar refractivity (Wildman–Crippen MR) is 59.9 cm³/mol. The monoisotopic (exact) mass is 270 g/mol. The summed E-state index contributed by atoms with van der Waals surface area (Å²) in [6, 6.07) is 8.79. The number of esters is 1. The van der Waals surface area contributed by atoms with E-state index in [1.165, 1.54) is 0 Å². The number of rotatable bonds is 2. The fourth-order valence-corrected chi connectivity index (χ4v) is 1.48. The number of aromatic nitrogens is 2. The summed E-state index contributed by atoms with van der Waals surface area (Å²) in [5.74, 6) is -0.989. The van der Waals surface area contributed by atoms with Crippen molar-refractivity contribution in [3.63, 3.8) is 0 Å². The Labute approximate surface area is 106 Å². The van der Waals surface area contributed by atoms with Crippen molar-refractivity contribution in [2.75, 3.05) is 0 Å². The average molecular weight is 270 g/mol. The Balaban J connectivity index is 2.52. The molecule has 0 fully saturated rings. The van der Waals surface area contributed by atoms with E-state index in [9.17, 15) is 18.0 Å². The van der Waals surface area contributed by atoms with E-state index < -0.39 is 17.8 Å². The van der Waals surface area contributed by atoms with Crippen LogP contribution in [0.4, 0.5) is 13.2 Å². The van der Waals surface area contributed by atoms with Gasteiger partial charge in [-0.1, -0.05) is 18.2 Å². The molecule has 7 heteroatoms. The predicted octanol–water partition coefficient (Wildman–Crippen LogP) is 2.82. The lowest BCUT2D eigenvalue weighted by Gasteiger charge is -2.05. The molecule has 0 bridgehead atoms. The minimum atomic E-state index is -4.60. The van der Waals surface area contributed by atoms with Crippen LogP contribution in [-0.4, -0.2) is 15.7 Å². The molecule has 0 aliphatic rings. The maximum Gasteiger partial charge on any atom is 0.435 e. The molecule has 4 nitrogen and oxygen atoms in total. The SMILES string of the molecule is CC(=O)Oc1cc(C(F)(F)F)nn1-c1ccccc1. The molecule has 0 saturated carbocycles. The molecule has 1 aromatic heterocycles. The molecule has 0 N–H and O–H groups in total. The van der Waals surface area contributed by atoms with Crippen LogP contribution in [-0.2, 0) is 11.0 Å². The average Bonchev–Trinajstić information content (AvgIpc) is 2.73. The van der Waals surface area contributed by atoms with Gasteiger partial charge in [0.1, 0.15) is 0 Å². The largest absolute Gasteiger partial charge is 0.435 e. The van der Waals surface area contributed by atoms with Gasteiger partial charge in [0, 0.05) is 13.0 Å². The lowest BCUT2D eigenvalue weighted by Crippen LogP contribution is -2.08. The summed E-state index contributed by atoms with van der Waals surface area (Å²) < 4.78 is 43.5. The van der Waals surface area contributed by atoms with Gasteiger partial charge >= 0.3 is 12.1 Å². The lowest BCUT2D eigenvalue weighted by molar-refractivity contribution is -0.141. The number of hydrogen-bond acceptors (Lipinski definition) is 3.